The van der Waals surface area contributed by atoms with Gasteiger partial charge in [-0.15, -0.1) is 0 Å². The fourth-order valence-electron chi connectivity index (χ4n) is 3.41. The molecule has 0 aromatic heterocycles. The molecule has 0 bridgehead atoms. The van der Waals surface area contributed by atoms with Gasteiger partial charge < -0.3 is 10.0 Å². The van der Waals surface area contributed by atoms with E-state index in [1.54, 1.807) is 5.41 Å². The van der Waals surface area contributed by atoms with E-state index in [9.17, 15) is 9.00 Å². The van der Waals surface area contributed by atoms with E-state index in [0.29, 0.717) is 5.92 Å². The number of rotatable bonds is 4. The standard InChI is InChI=1S/C17H21NO3S/c19-17(20)15-8-6-13(7-9-15)12-18-10-11-22(21)16(18)14-4-2-1-3-5-14/h1-5,10-11,13,15-16H,6-9,12H2,(H,19,20). The Bertz CT molecular complexity index is 579. The summed E-state index contributed by atoms with van der Waals surface area (Å²) in [4.78, 5) is 13.2. The molecule has 1 N–H and O–H groups in total. The molecule has 2 atom stereocenters. The van der Waals surface area contributed by atoms with Gasteiger partial charge in [-0.05, 0) is 37.2 Å². The summed E-state index contributed by atoms with van der Waals surface area (Å²) in [6, 6.07) is 9.95. The molecule has 1 aliphatic carbocycles. The first-order chi connectivity index (χ1) is 10.6. The summed E-state index contributed by atoms with van der Waals surface area (Å²) in [6.07, 6.45) is 5.34. The second kappa shape index (κ2) is 6.65. The molecule has 1 aliphatic heterocycles. The van der Waals surface area contributed by atoms with E-state index < -0.39 is 16.8 Å². The van der Waals surface area contributed by atoms with Crippen molar-refractivity contribution in [3.8, 4) is 0 Å². The summed E-state index contributed by atoms with van der Waals surface area (Å²) in [5.41, 5.74) is 1.07. The van der Waals surface area contributed by atoms with Crippen LogP contribution in [0.15, 0.2) is 41.9 Å². The SMILES string of the molecule is O=C(O)C1CCC(CN2C=CS(=O)C2c2ccccc2)CC1. The Labute approximate surface area is 133 Å². The highest BCUT2D eigenvalue weighted by Crippen LogP contribution is 2.35. The Kier molecular flexibility index (Phi) is 4.62. The molecule has 1 aromatic carbocycles. The Hall–Kier alpha value is -1.62. The minimum absolute atomic E-state index is 0.0987. The maximum absolute atomic E-state index is 12.3. The van der Waals surface area contributed by atoms with E-state index in [4.69, 9.17) is 5.11 Å². The van der Waals surface area contributed by atoms with E-state index >= 15 is 0 Å². The molecule has 118 valence electrons. The fraction of sp³-hybridized carbons (Fsp3) is 0.471. The zero-order valence-corrected chi connectivity index (χ0v) is 13.2. The van der Waals surface area contributed by atoms with Crippen LogP contribution in [0.2, 0.25) is 0 Å². The molecule has 0 spiro atoms. The van der Waals surface area contributed by atoms with E-state index in [-0.39, 0.29) is 11.3 Å². The van der Waals surface area contributed by atoms with Gasteiger partial charge in [0.05, 0.1) is 16.7 Å². The van der Waals surface area contributed by atoms with Gasteiger partial charge in [0.15, 0.2) is 0 Å². The largest absolute Gasteiger partial charge is 0.481 e. The van der Waals surface area contributed by atoms with E-state index in [2.05, 4.69) is 4.90 Å². The van der Waals surface area contributed by atoms with Gasteiger partial charge in [0, 0.05) is 18.2 Å². The van der Waals surface area contributed by atoms with Gasteiger partial charge in [-0.2, -0.15) is 0 Å². The summed E-state index contributed by atoms with van der Waals surface area (Å²) in [6.45, 7) is 0.855. The van der Waals surface area contributed by atoms with Crippen LogP contribution in [0.25, 0.3) is 0 Å². The van der Waals surface area contributed by atoms with Crippen molar-refractivity contribution in [1.29, 1.82) is 0 Å². The molecule has 22 heavy (non-hydrogen) atoms. The summed E-state index contributed by atoms with van der Waals surface area (Å²) in [5.74, 6) is -0.353. The van der Waals surface area contributed by atoms with Crippen LogP contribution < -0.4 is 0 Å². The summed E-state index contributed by atoms with van der Waals surface area (Å²) in [5, 5.41) is 10.7. The number of benzene rings is 1. The molecule has 1 aromatic rings. The van der Waals surface area contributed by atoms with Crippen LogP contribution in [-0.4, -0.2) is 26.7 Å². The topological polar surface area (TPSA) is 57.6 Å². The van der Waals surface area contributed by atoms with Crippen LogP contribution in [0.4, 0.5) is 0 Å². The number of hydrogen-bond acceptors (Lipinski definition) is 3. The van der Waals surface area contributed by atoms with Gasteiger partial charge in [-0.3, -0.25) is 9.00 Å². The van der Waals surface area contributed by atoms with Crippen molar-refractivity contribution in [3.63, 3.8) is 0 Å². The molecule has 0 amide bonds. The lowest BCUT2D eigenvalue weighted by atomic mass is 9.82. The molecule has 1 fully saturated rings. The normalized spacial score (nSPS) is 31.4. The van der Waals surface area contributed by atoms with Crippen LogP contribution in [0.3, 0.4) is 0 Å². The third kappa shape index (κ3) is 3.24. The molecular formula is C17H21NO3S. The molecule has 4 nitrogen and oxygen atoms in total. The van der Waals surface area contributed by atoms with Gasteiger partial charge in [0.2, 0.25) is 0 Å². The number of aliphatic carboxylic acids is 1. The molecular weight excluding hydrogens is 298 g/mol. The quantitative estimate of drug-likeness (QED) is 0.926. The average Bonchev–Trinajstić information content (AvgIpc) is 2.89. The first-order valence-electron chi connectivity index (χ1n) is 7.76. The lowest BCUT2D eigenvalue weighted by Crippen LogP contribution is -2.31. The van der Waals surface area contributed by atoms with E-state index in [1.807, 2.05) is 36.5 Å². The molecule has 5 heteroatoms. The maximum atomic E-state index is 12.3. The van der Waals surface area contributed by atoms with Crippen molar-refractivity contribution in [2.24, 2.45) is 11.8 Å². The highest BCUT2D eigenvalue weighted by atomic mass is 32.2. The van der Waals surface area contributed by atoms with Gasteiger partial charge in [-0.1, -0.05) is 30.3 Å². The van der Waals surface area contributed by atoms with Crippen LogP contribution in [0.1, 0.15) is 36.6 Å². The predicted octanol–water partition coefficient (Wildman–Crippen LogP) is 3.11. The second-order valence-electron chi connectivity index (χ2n) is 6.13. The summed E-state index contributed by atoms with van der Waals surface area (Å²) < 4.78 is 12.3. The van der Waals surface area contributed by atoms with Crippen molar-refractivity contribution in [2.45, 2.75) is 31.1 Å². The number of hydrogen-bond donors (Lipinski definition) is 1. The maximum Gasteiger partial charge on any atom is 0.306 e. The van der Waals surface area contributed by atoms with Gasteiger partial charge >= 0.3 is 5.97 Å². The smallest absolute Gasteiger partial charge is 0.306 e. The van der Waals surface area contributed by atoms with Crippen molar-refractivity contribution in [1.82, 2.24) is 4.90 Å². The van der Waals surface area contributed by atoms with E-state index in [0.717, 1.165) is 37.8 Å². The van der Waals surface area contributed by atoms with Crippen LogP contribution in [0, 0.1) is 11.8 Å². The Morgan fingerprint density at radius 1 is 1.18 bits per heavy atom. The highest BCUT2D eigenvalue weighted by molar-refractivity contribution is 7.88. The third-order valence-electron chi connectivity index (χ3n) is 4.66. The highest BCUT2D eigenvalue weighted by Gasteiger charge is 2.32. The summed E-state index contributed by atoms with van der Waals surface area (Å²) in [7, 11) is -1.01. The Morgan fingerprint density at radius 2 is 1.86 bits per heavy atom. The van der Waals surface area contributed by atoms with Crippen molar-refractivity contribution in [3.05, 3.63) is 47.5 Å². The zero-order valence-electron chi connectivity index (χ0n) is 12.4. The van der Waals surface area contributed by atoms with Crippen molar-refractivity contribution in [2.75, 3.05) is 6.54 Å². The number of carbonyl (C=O) groups is 1. The average molecular weight is 319 g/mol. The number of nitrogens with zero attached hydrogens (tertiary/aromatic N) is 1. The predicted molar refractivity (Wildman–Crippen MR) is 86.3 cm³/mol. The minimum atomic E-state index is -1.01. The summed E-state index contributed by atoms with van der Waals surface area (Å²) >= 11 is 0. The molecule has 1 saturated carbocycles. The minimum Gasteiger partial charge on any atom is -0.481 e. The van der Waals surface area contributed by atoms with Crippen molar-refractivity contribution >= 4 is 16.8 Å². The third-order valence-corrected chi connectivity index (χ3v) is 6.03. The molecule has 0 saturated heterocycles. The Balaban J connectivity index is 1.64. The van der Waals surface area contributed by atoms with Gasteiger partial charge in [-0.25, -0.2) is 0 Å². The molecule has 2 unspecified atom stereocenters. The monoisotopic (exact) mass is 319 g/mol. The number of carboxylic acid groups (broad SMARTS) is 1. The van der Waals surface area contributed by atoms with Gasteiger partial charge in [0.25, 0.3) is 0 Å². The first kappa shape index (κ1) is 15.3. The molecule has 1 heterocycles. The molecule has 0 radical (unpaired) electrons. The van der Waals surface area contributed by atoms with Crippen LogP contribution >= 0.6 is 0 Å². The zero-order chi connectivity index (χ0) is 15.5. The lowest BCUT2D eigenvalue weighted by molar-refractivity contribution is -0.143. The van der Waals surface area contributed by atoms with Crippen LogP contribution in [0.5, 0.6) is 0 Å². The first-order valence-corrected chi connectivity index (χ1v) is 9.04. The molecule has 3 rings (SSSR count). The lowest BCUT2D eigenvalue weighted by Gasteiger charge is -2.32. The van der Waals surface area contributed by atoms with E-state index in [1.165, 1.54) is 0 Å². The van der Waals surface area contributed by atoms with Crippen molar-refractivity contribution < 1.29 is 14.1 Å². The number of carboxylic acids is 1. The second-order valence-corrected chi connectivity index (χ2v) is 7.51. The molecule has 2 aliphatic rings. The van der Waals surface area contributed by atoms with Crippen LogP contribution in [-0.2, 0) is 15.6 Å². The fourth-order valence-corrected chi connectivity index (χ4v) is 4.69. The van der Waals surface area contributed by atoms with Gasteiger partial charge in [0.1, 0.15) is 5.37 Å². The Morgan fingerprint density at radius 3 is 2.50 bits per heavy atom.